The lowest BCUT2D eigenvalue weighted by Crippen LogP contribution is -2.25. The van der Waals surface area contributed by atoms with Crippen molar-refractivity contribution < 1.29 is 9.53 Å². The van der Waals surface area contributed by atoms with Gasteiger partial charge in [0.15, 0.2) is 0 Å². The van der Waals surface area contributed by atoms with Gasteiger partial charge in [-0.05, 0) is 61.7 Å². The molecule has 0 atom stereocenters. The second-order valence-corrected chi connectivity index (χ2v) is 8.40. The van der Waals surface area contributed by atoms with Gasteiger partial charge in [-0.1, -0.05) is 30.3 Å². The maximum atomic E-state index is 12.7. The van der Waals surface area contributed by atoms with Gasteiger partial charge in [0.05, 0.1) is 22.4 Å². The van der Waals surface area contributed by atoms with E-state index >= 15 is 0 Å². The highest BCUT2D eigenvalue weighted by Crippen LogP contribution is 2.24. The molecule has 34 heavy (non-hydrogen) atoms. The number of aryl methyl sites for hydroxylation is 2. The number of carbonyl (C=O) groups is 1. The van der Waals surface area contributed by atoms with Crippen molar-refractivity contribution in [3.8, 4) is 5.75 Å². The minimum absolute atomic E-state index is 0.113. The molecule has 0 bridgehead atoms. The second-order valence-electron chi connectivity index (χ2n) is 8.40. The lowest BCUT2D eigenvalue weighted by molar-refractivity contribution is 0.0954. The number of fused-ring (bicyclic) bond motifs is 2. The van der Waals surface area contributed by atoms with E-state index in [-0.39, 0.29) is 5.91 Å². The molecule has 0 unspecified atom stereocenters. The van der Waals surface area contributed by atoms with E-state index < -0.39 is 0 Å². The van der Waals surface area contributed by atoms with Gasteiger partial charge in [0.1, 0.15) is 12.4 Å². The zero-order chi connectivity index (χ0) is 23.5. The van der Waals surface area contributed by atoms with E-state index in [1.54, 1.807) is 12.1 Å². The summed E-state index contributed by atoms with van der Waals surface area (Å²) in [5.41, 5.74) is 7.20. The smallest absolute Gasteiger partial charge is 0.251 e. The van der Waals surface area contributed by atoms with Gasteiger partial charge < -0.3 is 15.0 Å². The Kier molecular flexibility index (Phi) is 5.95. The Morgan fingerprint density at radius 1 is 0.941 bits per heavy atom. The SMILES string of the molecule is Cc1nc2ccc(C(=O)NCCc3c[nH]c4cc(OCc5ccccc5)ccc34)cc2nc1C. The van der Waals surface area contributed by atoms with E-state index in [9.17, 15) is 4.79 Å². The van der Waals surface area contributed by atoms with Crippen LogP contribution in [0, 0.1) is 13.8 Å². The van der Waals surface area contributed by atoms with Crippen molar-refractivity contribution in [2.45, 2.75) is 26.9 Å². The first-order chi connectivity index (χ1) is 16.6. The second kappa shape index (κ2) is 9.35. The van der Waals surface area contributed by atoms with Crippen LogP contribution in [-0.4, -0.2) is 27.4 Å². The van der Waals surface area contributed by atoms with Crippen molar-refractivity contribution in [3.63, 3.8) is 0 Å². The molecule has 5 aromatic rings. The molecule has 6 nitrogen and oxygen atoms in total. The van der Waals surface area contributed by atoms with E-state index in [4.69, 9.17) is 4.74 Å². The zero-order valence-corrected chi connectivity index (χ0v) is 19.3. The van der Waals surface area contributed by atoms with Crippen LogP contribution in [0.15, 0.2) is 72.9 Å². The largest absolute Gasteiger partial charge is 0.489 e. The molecule has 1 amide bonds. The van der Waals surface area contributed by atoms with Gasteiger partial charge in [-0.2, -0.15) is 0 Å². The van der Waals surface area contributed by atoms with Crippen molar-refractivity contribution in [3.05, 3.63) is 101 Å². The zero-order valence-electron chi connectivity index (χ0n) is 19.3. The minimum atomic E-state index is -0.113. The van der Waals surface area contributed by atoms with Crippen LogP contribution in [0.25, 0.3) is 21.9 Å². The number of carbonyl (C=O) groups excluding carboxylic acids is 1. The first-order valence-corrected chi connectivity index (χ1v) is 11.4. The van der Waals surface area contributed by atoms with Gasteiger partial charge in [-0.15, -0.1) is 0 Å². The molecule has 0 spiro atoms. The lowest BCUT2D eigenvalue weighted by Gasteiger charge is -2.08. The summed E-state index contributed by atoms with van der Waals surface area (Å²) >= 11 is 0. The van der Waals surface area contributed by atoms with Crippen molar-refractivity contribution in [2.24, 2.45) is 0 Å². The van der Waals surface area contributed by atoms with E-state index in [1.165, 1.54) is 0 Å². The molecular formula is C28H26N4O2. The third-order valence-electron chi connectivity index (χ3n) is 6.00. The van der Waals surface area contributed by atoms with Gasteiger partial charge in [-0.25, -0.2) is 9.97 Å². The standard InChI is InChI=1S/C28H26N4O2/c1-18-19(2)32-27-14-21(8-11-25(27)31-18)28(33)29-13-12-22-16-30-26-15-23(9-10-24(22)26)34-17-20-6-4-3-5-7-20/h3-11,14-16,30H,12-13,17H2,1-2H3,(H,29,33). The molecule has 0 saturated heterocycles. The summed E-state index contributed by atoms with van der Waals surface area (Å²) in [4.78, 5) is 25.1. The Morgan fingerprint density at radius 3 is 2.56 bits per heavy atom. The monoisotopic (exact) mass is 450 g/mol. The Bertz CT molecular complexity index is 1470. The Hall–Kier alpha value is -4.19. The summed E-state index contributed by atoms with van der Waals surface area (Å²) in [6.07, 6.45) is 2.72. The Labute approximate surface area is 198 Å². The first kappa shape index (κ1) is 21.6. The summed E-state index contributed by atoms with van der Waals surface area (Å²) in [5, 5.41) is 4.15. The first-order valence-electron chi connectivity index (χ1n) is 11.4. The number of rotatable bonds is 7. The summed E-state index contributed by atoms with van der Waals surface area (Å²) in [5.74, 6) is 0.709. The summed E-state index contributed by atoms with van der Waals surface area (Å²) < 4.78 is 5.93. The van der Waals surface area contributed by atoms with Gasteiger partial charge in [0, 0.05) is 35.3 Å². The fraction of sp³-hybridized carbons (Fsp3) is 0.179. The fourth-order valence-corrected chi connectivity index (χ4v) is 3.99. The number of amides is 1. The van der Waals surface area contributed by atoms with E-state index in [0.717, 1.165) is 56.6 Å². The molecule has 3 aromatic carbocycles. The van der Waals surface area contributed by atoms with Crippen molar-refractivity contribution in [2.75, 3.05) is 6.54 Å². The van der Waals surface area contributed by atoms with Crippen LogP contribution < -0.4 is 10.1 Å². The number of hydrogen-bond acceptors (Lipinski definition) is 4. The van der Waals surface area contributed by atoms with E-state index in [1.807, 2.05) is 68.6 Å². The molecule has 0 radical (unpaired) electrons. The van der Waals surface area contributed by atoms with Crippen LogP contribution in [0.4, 0.5) is 0 Å². The number of nitrogens with zero attached hydrogens (tertiary/aromatic N) is 2. The number of benzene rings is 3. The third-order valence-corrected chi connectivity index (χ3v) is 6.00. The lowest BCUT2D eigenvalue weighted by atomic mass is 10.1. The van der Waals surface area contributed by atoms with Crippen LogP contribution in [0.1, 0.15) is 32.9 Å². The average molecular weight is 451 g/mol. The van der Waals surface area contributed by atoms with Gasteiger partial charge in [0.2, 0.25) is 0 Å². The molecule has 0 fully saturated rings. The molecule has 0 aliphatic carbocycles. The topological polar surface area (TPSA) is 79.9 Å². The maximum Gasteiger partial charge on any atom is 0.251 e. The number of H-pyrrole nitrogens is 1. The highest BCUT2D eigenvalue weighted by atomic mass is 16.5. The Morgan fingerprint density at radius 2 is 1.74 bits per heavy atom. The molecule has 5 rings (SSSR count). The van der Waals surface area contributed by atoms with Crippen LogP contribution in [0.5, 0.6) is 5.75 Å². The highest BCUT2D eigenvalue weighted by molar-refractivity contribution is 5.97. The molecule has 0 saturated carbocycles. The van der Waals surface area contributed by atoms with E-state index in [0.29, 0.717) is 18.7 Å². The molecule has 170 valence electrons. The molecule has 2 N–H and O–H groups in total. The number of aromatic amines is 1. The maximum absolute atomic E-state index is 12.7. The third kappa shape index (κ3) is 4.62. The highest BCUT2D eigenvalue weighted by Gasteiger charge is 2.10. The molecular weight excluding hydrogens is 424 g/mol. The van der Waals surface area contributed by atoms with Crippen molar-refractivity contribution >= 4 is 27.8 Å². The van der Waals surface area contributed by atoms with Crippen LogP contribution in [-0.2, 0) is 13.0 Å². The fourth-order valence-electron chi connectivity index (χ4n) is 3.99. The van der Waals surface area contributed by atoms with Gasteiger partial charge in [0.25, 0.3) is 5.91 Å². The van der Waals surface area contributed by atoms with Crippen molar-refractivity contribution in [1.29, 1.82) is 0 Å². The van der Waals surface area contributed by atoms with Crippen molar-refractivity contribution in [1.82, 2.24) is 20.3 Å². The summed E-state index contributed by atoms with van der Waals surface area (Å²) in [6.45, 7) is 4.93. The molecule has 0 aliphatic rings. The molecule has 2 aromatic heterocycles. The quantitative estimate of drug-likeness (QED) is 0.354. The molecule has 2 heterocycles. The Balaban J connectivity index is 1.20. The summed E-state index contributed by atoms with van der Waals surface area (Å²) in [6, 6.07) is 21.6. The minimum Gasteiger partial charge on any atom is -0.489 e. The van der Waals surface area contributed by atoms with Crippen LogP contribution >= 0.6 is 0 Å². The normalized spacial score (nSPS) is 11.1. The number of nitrogens with one attached hydrogen (secondary N) is 2. The summed E-state index contributed by atoms with van der Waals surface area (Å²) in [7, 11) is 0. The van der Waals surface area contributed by atoms with Crippen LogP contribution in [0.3, 0.4) is 0 Å². The molecule has 0 aliphatic heterocycles. The van der Waals surface area contributed by atoms with E-state index in [2.05, 4.69) is 26.3 Å². The predicted octanol–water partition coefficient (Wildman–Crippen LogP) is 5.28. The van der Waals surface area contributed by atoms with Gasteiger partial charge in [-0.3, -0.25) is 4.79 Å². The number of hydrogen-bond donors (Lipinski definition) is 2. The number of aromatic nitrogens is 3. The predicted molar refractivity (Wildman–Crippen MR) is 134 cm³/mol. The molecule has 6 heteroatoms. The van der Waals surface area contributed by atoms with Crippen LogP contribution in [0.2, 0.25) is 0 Å². The average Bonchev–Trinajstić information content (AvgIpc) is 3.26. The van der Waals surface area contributed by atoms with Gasteiger partial charge >= 0.3 is 0 Å². The number of ether oxygens (including phenoxy) is 1.